The predicted molar refractivity (Wildman–Crippen MR) is 149 cm³/mol. The zero-order valence-electron chi connectivity index (χ0n) is 20.5. The van der Waals surface area contributed by atoms with Gasteiger partial charge in [0.1, 0.15) is 12.4 Å². The highest BCUT2D eigenvalue weighted by Crippen LogP contribution is 2.34. The zero-order chi connectivity index (χ0) is 27.7. The first kappa shape index (κ1) is 28.8. The van der Waals surface area contributed by atoms with Crippen LogP contribution in [0.3, 0.4) is 0 Å². The topological polar surface area (TPSA) is 110 Å². The van der Waals surface area contributed by atoms with Gasteiger partial charge in [-0.1, -0.05) is 47.3 Å². The second kappa shape index (κ2) is 13.7. The molecule has 0 bridgehead atoms. The van der Waals surface area contributed by atoms with Crippen molar-refractivity contribution < 1.29 is 23.8 Å². The Hall–Kier alpha value is -3.78. The summed E-state index contributed by atoms with van der Waals surface area (Å²) >= 11 is 17.6. The number of halogens is 2. The summed E-state index contributed by atoms with van der Waals surface area (Å²) in [6.45, 7) is 3.35. The molecule has 0 aromatic heterocycles. The number of thiocarbonyl (C=S) groups is 1. The number of allylic oxidation sites excluding steroid dienone is 1. The summed E-state index contributed by atoms with van der Waals surface area (Å²) in [5.41, 5.74) is 4.43. The van der Waals surface area contributed by atoms with Crippen LogP contribution in [0, 0.1) is 12.3 Å². The Morgan fingerprint density at radius 3 is 2.63 bits per heavy atom. The van der Waals surface area contributed by atoms with E-state index >= 15 is 0 Å². The fourth-order valence-electron chi connectivity index (χ4n) is 3.52. The van der Waals surface area contributed by atoms with Gasteiger partial charge >= 0.3 is 5.97 Å². The van der Waals surface area contributed by atoms with Crippen LogP contribution in [0.1, 0.15) is 31.0 Å². The third kappa shape index (κ3) is 7.38. The number of hydrogen-bond donors (Lipinski definition) is 3. The molecule has 1 atom stereocenters. The third-order valence-electron chi connectivity index (χ3n) is 5.08. The minimum absolute atomic E-state index is 0.0203. The van der Waals surface area contributed by atoms with Crippen LogP contribution in [0.15, 0.2) is 52.8 Å². The highest BCUT2D eigenvalue weighted by molar-refractivity contribution is 7.80. The van der Waals surface area contributed by atoms with E-state index in [0.29, 0.717) is 33.3 Å². The molecular formula is C26H24Cl2N4O5S. The molecule has 0 saturated carbocycles. The highest BCUT2D eigenvalue weighted by Gasteiger charge is 2.32. The Balaban J connectivity index is 1.68. The molecule has 2 aromatic rings. The van der Waals surface area contributed by atoms with Gasteiger partial charge in [0.05, 0.1) is 34.5 Å². The van der Waals surface area contributed by atoms with Crippen molar-refractivity contribution >= 4 is 58.6 Å². The molecule has 198 valence electrons. The average molecular weight is 575 g/mol. The summed E-state index contributed by atoms with van der Waals surface area (Å²) < 4.78 is 16.3. The molecular weight excluding hydrogens is 551 g/mol. The van der Waals surface area contributed by atoms with Crippen LogP contribution in [-0.2, 0) is 14.3 Å². The lowest BCUT2D eigenvalue weighted by Gasteiger charge is -2.30. The van der Waals surface area contributed by atoms with Crippen molar-refractivity contribution in [1.29, 1.82) is 0 Å². The molecule has 0 spiro atoms. The maximum absolute atomic E-state index is 12.7. The van der Waals surface area contributed by atoms with E-state index in [2.05, 4.69) is 27.1 Å². The maximum atomic E-state index is 12.7. The number of hydrogen-bond acceptors (Lipinski definition) is 7. The molecule has 38 heavy (non-hydrogen) atoms. The lowest BCUT2D eigenvalue weighted by Crippen LogP contribution is -2.45. The average Bonchev–Trinajstić information content (AvgIpc) is 2.87. The largest absolute Gasteiger partial charge is 0.483 e. The molecule has 1 amide bonds. The van der Waals surface area contributed by atoms with E-state index < -0.39 is 17.9 Å². The van der Waals surface area contributed by atoms with Gasteiger partial charge in [0.2, 0.25) is 0 Å². The molecule has 0 saturated heterocycles. The van der Waals surface area contributed by atoms with Gasteiger partial charge in [0, 0.05) is 11.3 Å². The van der Waals surface area contributed by atoms with Crippen LogP contribution in [0.4, 0.5) is 0 Å². The van der Waals surface area contributed by atoms with Crippen LogP contribution in [-0.4, -0.2) is 43.0 Å². The molecule has 0 unspecified atom stereocenters. The number of terminal acetylenes is 1. The minimum Gasteiger partial charge on any atom is -0.483 e. The van der Waals surface area contributed by atoms with Crippen molar-refractivity contribution in [2.45, 2.75) is 19.9 Å². The number of ether oxygens (including phenoxy) is 3. The van der Waals surface area contributed by atoms with E-state index in [1.54, 1.807) is 50.2 Å². The van der Waals surface area contributed by atoms with E-state index in [-0.39, 0.29) is 35.6 Å². The normalized spacial score (nSPS) is 14.8. The number of hydrazone groups is 1. The molecule has 2 aromatic carbocycles. The van der Waals surface area contributed by atoms with Crippen molar-refractivity contribution in [3.05, 3.63) is 68.8 Å². The maximum Gasteiger partial charge on any atom is 0.338 e. The second-order valence-electron chi connectivity index (χ2n) is 7.72. The number of nitrogens with zero attached hydrogens (tertiary/aromatic N) is 1. The lowest BCUT2D eigenvalue weighted by atomic mass is 9.95. The van der Waals surface area contributed by atoms with Crippen molar-refractivity contribution in [3.8, 4) is 23.8 Å². The fourth-order valence-corrected chi connectivity index (χ4v) is 4.40. The lowest BCUT2D eigenvalue weighted by molar-refractivity contribution is -0.139. The van der Waals surface area contributed by atoms with Crippen LogP contribution < -0.4 is 25.5 Å². The Labute approximate surface area is 235 Å². The van der Waals surface area contributed by atoms with Gasteiger partial charge in [-0.25, -0.2) is 10.2 Å². The quantitative estimate of drug-likeness (QED) is 0.129. The van der Waals surface area contributed by atoms with Crippen molar-refractivity contribution in [2.75, 3.05) is 19.8 Å². The third-order valence-corrected chi connectivity index (χ3v) is 5.86. The summed E-state index contributed by atoms with van der Waals surface area (Å²) in [6.07, 6.45) is 6.55. The van der Waals surface area contributed by atoms with E-state index in [9.17, 15) is 9.59 Å². The molecule has 1 heterocycles. The van der Waals surface area contributed by atoms with E-state index in [1.807, 2.05) is 0 Å². The van der Waals surface area contributed by atoms with Gasteiger partial charge < -0.3 is 24.8 Å². The van der Waals surface area contributed by atoms with Crippen molar-refractivity contribution in [3.63, 3.8) is 0 Å². The summed E-state index contributed by atoms with van der Waals surface area (Å²) in [5.74, 6) is 1.97. The van der Waals surface area contributed by atoms with Gasteiger partial charge in [-0.05, 0) is 49.8 Å². The number of nitrogens with one attached hydrogen (secondary N) is 3. The number of para-hydroxylation sites is 1. The number of carbonyl (C=O) groups is 2. The van der Waals surface area contributed by atoms with Gasteiger partial charge in [-0.15, -0.1) is 6.42 Å². The van der Waals surface area contributed by atoms with Crippen LogP contribution >= 0.6 is 35.4 Å². The molecule has 3 N–H and O–H groups in total. The first-order valence-corrected chi connectivity index (χ1v) is 12.5. The van der Waals surface area contributed by atoms with Gasteiger partial charge in [0.15, 0.2) is 17.5 Å². The first-order valence-electron chi connectivity index (χ1n) is 11.3. The molecule has 0 aliphatic carbocycles. The number of carbonyl (C=O) groups excluding carboxylic acids is 2. The van der Waals surface area contributed by atoms with E-state index in [4.69, 9.17) is 56.1 Å². The van der Waals surface area contributed by atoms with Gasteiger partial charge in [0.25, 0.3) is 5.91 Å². The SMILES string of the molecule is C#CCOc1c(Cl)cc(C=NNC(=O)COc2ccccc2[C@H]2NC(=S)NC(C)=C2C(=O)OCC)cc1Cl. The molecule has 3 rings (SSSR count). The van der Waals surface area contributed by atoms with Crippen LogP contribution in [0.2, 0.25) is 10.0 Å². The Kier molecular flexibility index (Phi) is 10.4. The molecule has 0 fully saturated rings. The van der Waals surface area contributed by atoms with Gasteiger partial charge in [-0.3, -0.25) is 4.79 Å². The monoisotopic (exact) mass is 574 g/mol. The Morgan fingerprint density at radius 1 is 1.24 bits per heavy atom. The van der Waals surface area contributed by atoms with E-state index in [1.165, 1.54) is 6.21 Å². The summed E-state index contributed by atoms with van der Waals surface area (Å²) in [4.78, 5) is 25.1. The highest BCUT2D eigenvalue weighted by atomic mass is 35.5. The summed E-state index contributed by atoms with van der Waals surface area (Å²) in [5, 5.41) is 10.8. The fraction of sp³-hybridized carbons (Fsp3) is 0.231. The smallest absolute Gasteiger partial charge is 0.338 e. The summed E-state index contributed by atoms with van der Waals surface area (Å²) in [7, 11) is 0. The molecule has 0 radical (unpaired) electrons. The Morgan fingerprint density at radius 2 is 1.95 bits per heavy atom. The second-order valence-corrected chi connectivity index (χ2v) is 8.94. The number of rotatable bonds is 10. The molecule has 12 heteroatoms. The standard InChI is InChI=1S/C26H24Cl2N4O5S/c1-4-10-36-24-18(27)11-16(12-19(24)28)13-29-32-21(33)14-37-20-9-7-6-8-17(20)23-22(25(34)35-5-2)15(3)30-26(38)31-23/h1,6-9,11-13,23H,5,10,14H2,2-3H3,(H,32,33)(H2,30,31,38)/t23-/m1/s1. The number of esters is 1. The molecule has 1 aliphatic heterocycles. The molecule has 1 aliphatic rings. The summed E-state index contributed by atoms with van der Waals surface area (Å²) in [6, 6.07) is 9.49. The molecule has 9 nitrogen and oxygen atoms in total. The Bertz CT molecular complexity index is 1320. The van der Waals surface area contributed by atoms with Crippen LogP contribution in [0.5, 0.6) is 11.5 Å². The van der Waals surface area contributed by atoms with Crippen LogP contribution in [0.25, 0.3) is 0 Å². The van der Waals surface area contributed by atoms with E-state index in [0.717, 1.165) is 0 Å². The predicted octanol–water partition coefficient (Wildman–Crippen LogP) is 3.89. The minimum atomic E-state index is -0.637. The van der Waals surface area contributed by atoms with Gasteiger partial charge in [-0.2, -0.15) is 5.10 Å². The van der Waals surface area contributed by atoms with Crippen molar-refractivity contribution in [1.82, 2.24) is 16.1 Å². The van der Waals surface area contributed by atoms with Crippen molar-refractivity contribution in [2.24, 2.45) is 5.10 Å². The zero-order valence-corrected chi connectivity index (χ0v) is 22.8. The number of amides is 1. The first-order chi connectivity index (χ1) is 18.2. The number of benzene rings is 2.